The SMILES string of the molecule is COc1ccc(/C=C/C(=O)NNC(=O)/C=C/c2ccc(C)cc2)cc1. The Morgan fingerprint density at radius 3 is 1.68 bits per heavy atom. The Morgan fingerprint density at radius 2 is 1.24 bits per heavy atom. The van der Waals surface area contributed by atoms with E-state index in [1.165, 1.54) is 12.2 Å². The molecule has 2 amide bonds. The zero-order chi connectivity index (χ0) is 18.1. The van der Waals surface area contributed by atoms with Crippen molar-refractivity contribution in [1.82, 2.24) is 10.9 Å². The molecule has 2 aromatic rings. The Bertz CT molecular complexity index is 776. The molecule has 128 valence electrons. The van der Waals surface area contributed by atoms with Crippen LogP contribution in [0.3, 0.4) is 0 Å². The van der Waals surface area contributed by atoms with Gasteiger partial charge in [-0.25, -0.2) is 0 Å². The van der Waals surface area contributed by atoms with Gasteiger partial charge in [-0.3, -0.25) is 20.4 Å². The van der Waals surface area contributed by atoms with Crippen molar-refractivity contribution < 1.29 is 14.3 Å². The van der Waals surface area contributed by atoms with Crippen LogP contribution >= 0.6 is 0 Å². The summed E-state index contributed by atoms with van der Waals surface area (Å²) < 4.78 is 5.06. The van der Waals surface area contributed by atoms with E-state index < -0.39 is 11.8 Å². The molecule has 0 aliphatic rings. The van der Waals surface area contributed by atoms with Gasteiger partial charge in [0.05, 0.1) is 7.11 Å². The first-order valence-electron chi connectivity index (χ1n) is 7.73. The summed E-state index contributed by atoms with van der Waals surface area (Å²) in [5.74, 6) is -0.0890. The number of hydrogen-bond donors (Lipinski definition) is 2. The molecule has 5 heteroatoms. The van der Waals surface area contributed by atoms with Crippen molar-refractivity contribution in [3.05, 3.63) is 77.4 Å². The van der Waals surface area contributed by atoms with E-state index in [0.717, 1.165) is 22.4 Å². The summed E-state index contributed by atoms with van der Waals surface area (Å²) in [4.78, 5) is 23.4. The number of nitrogens with one attached hydrogen (secondary N) is 2. The highest BCUT2D eigenvalue weighted by atomic mass is 16.5. The van der Waals surface area contributed by atoms with E-state index in [-0.39, 0.29) is 0 Å². The predicted octanol–water partition coefficient (Wildman–Crippen LogP) is 2.88. The number of hydrogen-bond acceptors (Lipinski definition) is 3. The number of hydrazine groups is 1. The summed E-state index contributed by atoms with van der Waals surface area (Å²) in [6.45, 7) is 2.00. The van der Waals surface area contributed by atoms with E-state index in [0.29, 0.717) is 0 Å². The number of methoxy groups -OCH3 is 1. The topological polar surface area (TPSA) is 67.4 Å². The second-order valence-electron chi connectivity index (χ2n) is 5.33. The van der Waals surface area contributed by atoms with E-state index in [2.05, 4.69) is 10.9 Å². The van der Waals surface area contributed by atoms with Crippen LogP contribution in [-0.2, 0) is 9.59 Å². The first-order valence-corrected chi connectivity index (χ1v) is 7.73. The van der Waals surface area contributed by atoms with Gasteiger partial charge in [-0.1, -0.05) is 42.0 Å². The number of carbonyl (C=O) groups excluding carboxylic acids is 2. The number of carbonyl (C=O) groups is 2. The number of amides is 2. The Morgan fingerprint density at radius 1 is 0.800 bits per heavy atom. The minimum absolute atomic E-state index is 0.410. The van der Waals surface area contributed by atoms with Crippen molar-refractivity contribution in [2.45, 2.75) is 6.92 Å². The molecule has 0 aliphatic carbocycles. The zero-order valence-electron chi connectivity index (χ0n) is 14.2. The normalized spacial score (nSPS) is 10.8. The van der Waals surface area contributed by atoms with E-state index in [1.807, 2.05) is 43.3 Å². The second kappa shape index (κ2) is 9.08. The Labute approximate surface area is 147 Å². The lowest BCUT2D eigenvalue weighted by atomic mass is 10.1. The molecular formula is C20H20N2O3. The van der Waals surface area contributed by atoms with Crippen LogP contribution < -0.4 is 15.6 Å². The molecule has 0 radical (unpaired) electrons. The highest BCUT2D eigenvalue weighted by Gasteiger charge is 1.98. The maximum absolute atomic E-state index is 11.7. The van der Waals surface area contributed by atoms with Gasteiger partial charge in [-0.05, 0) is 42.3 Å². The largest absolute Gasteiger partial charge is 0.497 e. The number of aryl methyl sites for hydroxylation is 1. The Kier molecular flexibility index (Phi) is 6.54. The minimum atomic E-state index is -0.423. The van der Waals surface area contributed by atoms with E-state index >= 15 is 0 Å². The van der Waals surface area contributed by atoms with Crippen LogP contribution in [0.15, 0.2) is 60.7 Å². The van der Waals surface area contributed by atoms with E-state index in [1.54, 1.807) is 31.4 Å². The van der Waals surface area contributed by atoms with Crippen LogP contribution in [0.2, 0.25) is 0 Å². The van der Waals surface area contributed by atoms with Crippen LogP contribution in [-0.4, -0.2) is 18.9 Å². The third-order valence-corrected chi connectivity index (χ3v) is 3.36. The summed E-state index contributed by atoms with van der Waals surface area (Å²) in [5.41, 5.74) is 7.55. The summed E-state index contributed by atoms with van der Waals surface area (Å²) in [6, 6.07) is 15.0. The van der Waals surface area contributed by atoms with Gasteiger partial charge in [0.1, 0.15) is 5.75 Å². The molecular weight excluding hydrogens is 316 g/mol. The van der Waals surface area contributed by atoms with Gasteiger partial charge in [-0.15, -0.1) is 0 Å². The molecule has 2 aromatic carbocycles. The molecule has 0 saturated carbocycles. The first-order chi connectivity index (χ1) is 12.1. The number of benzene rings is 2. The van der Waals surface area contributed by atoms with Crippen LogP contribution in [0.4, 0.5) is 0 Å². The quantitative estimate of drug-likeness (QED) is 0.652. The average Bonchev–Trinajstić information content (AvgIpc) is 2.64. The Hall–Kier alpha value is -3.34. The molecule has 25 heavy (non-hydrogen) atoms. The molecule has 2 rings (SSSR count). The van der Waals surface area contributed by atoms with Gasteiger partial charge >= 0.3 is 0 Å². The number of ether oxygens (including phenoxy) is 1. The van der Waals surface area contributed by atoms with Crippen molar-refractivity contribution in [2.75, 3.05) is 7.11 Å². The van der Waals surface area contributed by atoms with Gasteiger partial charge in [0, 0.05) is 12.2 Å². The maximum atomic E-state index is 11.7. The lowest BCUT2D eigenvalue weighted by Crippen LogP contribution is -2.39. The fourth-order valence-electron chi connectivity index (χ4n) is 1.94. The smallest absolute Gasteiger partial charge is 0.262 e. The van der Waals surface area contributed by atoms with E-state index in [4.69, 9.17) is 4.74 Å². The monoisotopic (exact) mass is 336 g/mol. The van der Waals surface area contributed by atoms with Gasteiger partial charge in [-0.2, -0.15) is 0 Å². The predicted molar refractivity (Wildman–Crippen MR) is 98.5 cm³/mol. The molecule has 5 nitrogen and oxygen atoms in total. The van der Waals surface area contributed by atoms with Gasteiger partial charge in [0.2, 0.25) is 0 Å². The molecule has 0 aromatic heterocycles. The van der Waals surface area contributed by atoms with Crippen molar-refractivity contribution in [3.8, 4) is 5.75 Å². The fourth-order valence-corrected chi connectivity index (χ4v) is 1.94. The number of rotatable bonds is 5. The maximum Gasteiger partial charge on any atom is 0.262 e. The fraction of sp³-hybridized carbons (Fsp3) is 0.100. The van der Waals surface area contributed by atoms with Crippen molar-refractivity contribution >= 4 is 24.0 Å². The van der Waals surface area contributed by atoms with Gasteiger partial charge < -0.3 is 4.74 Å². The van der Waals surface area contributed by atoms with Crippen LogP contribution in [0.1, 0.15) is 16.7 Å². The summed E-state index contributed by atoms with van der Waals surface area (Å²) in [6.07, 6.45) is 6.01. The summed E-state index contributed by atoms with van der Waals surface area (Å²) >= 11 is 0. The molecule has 0 spiro atoms. The molecule has 0 saturated heterocycles. The molecule has 0 atom stereocenters. The third kappa shape index (κ3) is 6.35. The zero-order valence-corrected chi connectivity index (χ0v) is 14.2. The average molecular weight is 336 g/mol. The molecule has 2 N–H and O–H groups in total. The molecule has 0 bridgehead atoms. The van der Waals surface area contributed by atoms with Gasteiger partial charge in [0.25, 0.3) is 11.8 Å². The van der Waals surface area contributed by atoms with E-state index in [9.17, 15) is 9.59 Å². The lowest BCUT2D eigenvalue weighted by Gasteiger charge is -2.02. The molecule has 0 fully saturated rings. The Balaban J connectivity index is 1.79. The third-order valence-electron chi connectivity index (χ3n) is 3.36. The standard InChI is InChI=1S/C20H20N2O3/c1-15-3-5-16(6-4-15)9-13-19(23)21-22-20(24)14-10-17-7-11-18(25-2)12-8-17/h3-14H,1-2H3,(H,21,23)(H,22,24)/b13-9+,14-10+. The van der Waals surface area contributed by atoms with Crippen LogP contribution in [0.5, 0.6) is 5.75 Å². The van der Waals surface area contributed by atoms with Crippen molar-refractivity contribution in [1.29, 1.82) is 0 Å². The highest BCUT2D eigenvalue weighted by Crippen LogP contribution is 2.12. The van der Waals surface area contributed by atoms with Crippen LogP contribution in [0.25, 0.3) is 12.2 Å². The summed E-state index contributed by atoms with van der Waals surface area (Å²) in [7, 11) is 1.59. The van der Waals surface area contributed by atoms with Crippen molar-refractivity contribution in [3.63, 3.8) is 0 Å². The minimum Gasteiger partial charge on any atom is -0.497 e. The van der Waals surface area contributed by atoms with Crippen LogP contribution in [0, 0.1) is 6.92 Å². The highest BCUT2D eigenvalue weighted by molar-refractivity contribution is 5.96. The van der Waals surface area contributed by atoms with Crippen molar-refractivity contribution in [2.24, 2.45) is 0 Å². The lowest BCUT2D eigenvalue weighted by molar-refractivity contribution is -0.123. The molecule has 0 aliphatic heterocycles. The molecule has 0 unspecified atom stereocenters. The first kappa shape index (κ1) is 18.0. The van der Waals surface area contributed by atoms with Gasteiger partial charge in [0.15, 0.2) is 0 Å². The summed E-state index contributed by atoms with van der Waals surface area (Å²) in [5, 5.41) is 0. The molecule has 0 heterocycles. The second-order valence-corrected chi connectivity index (χ2v) is 5.33.